The second kappa shape index (κ2) is 10.0. The normalized spacial score (nSPS) is 21.2. The molecule has 1 aromatic heterocycles. The van der Waals surface area contributed by atoms with Gasteiger partial charge in [0, 0.05) is 45.1 Å². The Hall–Kier alpha value is -1.25. The van der Waals surface area contributed by atoms with Gasteiger partial charge in [-0.05, 0) is 31.4 Å². The first-order chi connectivity index (χ1) is 11.8. The fourth-order valence-electron chi connectivity index (χ4n) is 3.66. The largest absolute Gasteiger partial charge is 0.469 e. The Bertz CT molecular complexity index is 555. The molecule has 7 heteroatoms. The molecular weight excluding hydrogens is 431 g/mol. The zero-order chi connectivity index (χ0) is 16.8. The number of amides is 1. The number of likely N-dealkylation sites (tertiary alicyclic amines) is 1. The lowest BCUT2D eigenvalue weighted by Crippen LogP contribution is -2.45. The van der Waals surface area contributed by atoms with Crippen molar-refractivity contribution in [2.75, 3.05) is 26.7 Å². The Balaban J connectivity index is 0.00000225. The highest BCUT2D eigenvalue weighted by atomic mass is 127. The summed E-state index contributed by atoms with van der Waals surface area (Å²) < 4.78 is 5.33. The number of nitrogens with zero attached hydrogens (tertiary/aromatic N) is 2. The van der Waals surface area contributed by atoms with Crippen molar-refractivity contribution in [2.45, 2.75) is 44.6 Å². The molecule has 0 aromatic carbocycles. The van der Waals surface area contributed by atoms with Crippen molar-refractivity contribution in [3.05, 3.63) is 24.2 Å². The molecule has 2 N–H and O–H groups in total. The average Bonchev–Trinajstić information content (AvgIpc) is 3.34. The molecule has 140 valence electrons. The van der Waals surface area contributed by atoms with Crippen molar-refractivity contribution in [1.29, 1.82) is 0 Å². The van der Waals surface area contributed by atoms with Crippen LogP contribution in [0.15, 0.2) is 27.8 Å². The zero-order valence-electron chi connectivity index (χ0n) is 14.9. The van der Waals surface area contributed by atoms with Gasteiger partial charge in [0.25, 0.3) is 0 Å². The SMILES string of the molecule is CN=C(NCCc1ccco1)NC1CCN(C(=O)C2CCCC2)C1.I. The Morgan fingerprint density at radius 1 is 1.36 bits per heavy atom. The minimum atomic E-state index is 0. The van der Waals surface area contributed by atoms with Crippen LogP contribution in [0.2, 0.25) is 0 Å². The first-order valence-electron chi connectivity index (χ1n) is 9.04. The molecule has 0 radical (unpaired) electrons. The van der Waals surface area contributed by atoms with E-state index in [2.05, 4.69) is 15.6 Å². The number of hydrogen-bond acceptors (Lipinski definition) is 3. The number of rotatable bonds is 5. The minimum absolute atomic E-state index is 0. The van der Waals surface area contributed by atoms with Crippen molar-refractivity contribution in [1.82, 2.24) is 15.5 Å². The van der Waals surface area contributed by atoms with Crippen molar-refractivity contribution < 1.29 is 9.21 Å². The van der Waals surface area contributed by atoms with Crippen LogP contribution in [0.4, 0.5) is 0 Å². The van der Waals surface area contributed by atoms with Gasteiger partial charge in [0.1, 0.15) is 5.76 Å². The maximum atomic E-state index is 12.5. The van der Waals surface area contributed by atoms with Gasteiger partial charge in [-0.3, -0.25) is 9.79 Å². The molecule has 25 heavy (non-hydrogen) atoms. The lowest BCUT2D eigenvalue weighted by Gasteiger charge is -2.21. The van der Waals surface area contributed by atoms with E-state index in [1.807, 2.05) is 17.0 Å². The lowest BCUT2D eigenvalue weighted by atomic mass is 10.1. The number of hydrogen-bond donors (Lipinski definition) is 2. The Kier molecular flexibility index (Phi) is 8.05. The van der Waals surface area contributed by atoms with Gasteiger partial charge in [0.05, 0.1) is 6.26 Å². The average molecular weight is 460 g/mol. The van der Waals surface area contributed by atoms with Crippen LogP contribution in [0.1, 0.15) is 37.9 Å². The Labute approximate surface area is 166 Å². The maximum Gasteiger partial charge on any atom is 0.225 e. The van der Waals surface area contributed by atoms with Crippen LogP contribution in [0.25, 0.3) is 0 Å². The number of carbonyl (C=O) groups is 1. The molecule has 0 bridgehead atoms. The van der Waals surface area contributed by atoms with Crippen molar-refractivity contribution in [3.8, 4) is 0 Å². The third-order valence-electron chi connectivity index (χ3n) is 5.01. The monoisotopic (exact) mass is 460 g/mol. The molecular formula is C18H29IN4O2. The summed E-state index contributed by atoms with van der Waals surface area (Å²) in [6.07, 6.45) is 8.06. The van der Waals surface area contributed by atoms with E-state index in [0.29, 0.717) is 5.91 Å². The van der Waals surface area contributed by atoms with E-state index < -0.39 is 0 Å². The van der Waals surface area contributed by atoms with Crippen molar-refractivity contribution in [3.63, 3.8) is 0 Å². The summed E-state index contributed by atoms with van der Waals surface area (Å²) in [6, 6.07) is 4.16. The molecule has 1 saturated carbocycles. The van der Waals surface area contributed by atoms with Crippen molar-refractivity contribution >= 4 is 35.8 Å². The van der Waals surface area contributed by atoms with E-state index in [0.717, 1.165) is 57.0 Å². The van der Waals surface area contributed by atoms with Gasteiger partial charge in [-0.25, -0.2) is 0 Å². The van der Waals surface area contributed by atoms with Gasteiger partial charge in [0.2, 0.25) is 5.91 Å². The van der Waals surface area contributed by atoms with E-state index in [1.165, 1.54) is 12.8 Å². The fraction of sp³-hybridized carbons (Fsp3) is 0.667. The third-order valence-corrected chi connectivity index (χ3v) is 5.01. The quantitative estimate of drug-likeness (QED) is 0.402. The molecule has 1 aliphatic carbocycles. The van der Waals surface area contributed by atoms with E-state index in [4.69, 9.17) is 4.42 Å². The summed E-state index contributed by atoms with van der Waals surface area (Å²) in [5.74, 6) is 2.39. The summed E-state index contributed by atoms with van der Waals surface area (Å²) in [7, 11) is 1.78. The number of furan rings is 1. The van der Waals surface area contributed by atoms with Gasteiger partial charge in [0.15, 0.2) is 5.96 Å². The molecule has 1 aromatic rings. The van der Waals surface area contributed by atoms with Crippen LogP contribution < -0.4 is 10.6 Å². The van der Waals surface area contributed by atoms with E-state index in [-0.39, 0.29) is 35.9 Å². The number of guanidine groups is 1. The molecule has 1 unspecified atom stereocenters. The molecule has 2 fully saturated rings. The van der Waals surface area contributed by atoms with Gasteiger partial charge >= 0.3 is 0 Å². The van der Waals surface area contributed by atoms with E-state index in [9.17, 15) is 4.79 Å². The highest BCUT2D eigenvalue weighted by Crippen LogP contribution is 2.27. The fourth-order valence-corrected chi connectivity index (χ4v) is 3.66. The van der Waals surface area contributed by atoms with Crippen LogP contribution in [-0.4, -0.2) is 49.5 Å². The van der Waals surface area contributed by atoms with Crippen LogP contribution in [0.3, 0.4) is 0 Å². The topological polar surface area (TPSA) is 69.9 Å². The highest BCUT2D eigenvalue weighted by Gasteiger charge is 2.32. The first-order valence-corrected chi connectivity index (χ1v) is 9.04. The first kappa shape index (κ1) is 20.1. The lowest BCUT2D eigenvalue weighted by molar-refractivity contribution is -0.134. The second-order valence-electron chi connectivity index (χ2n) is 6.72. The van der Waals surface area contributed by atoms with Gasteiger partial charge in [-0.2, -0.15) is 0 Å². The number of carbonyl (C=O) groups excluding carboxylic acids is 1. The predicted octanol–water partition coefficient (Wildman–Crippen LogP) is 2.40. The predicted molar refractivity (Wildman–Crippen MR) is 109 cm³/mol. The summed E-state index contributed by atoms with van der Waals surface area (Å²) in [5, 5.41) is 6.74. The van der Waals surface area contributed by atoms with E-state index >= 15 is 0 Å². The molecule has 1 saturated heterocycles. The molecule has 6 nitrogen and oxygen atoms in total. The van der Waals surface area contributed by atoms with E-state index in [1.54, 1.807) is 13.3 Å². The van der Waals surface area contributed by atoms with Crippen LogP contribution in [-0.2, 0) is 11.2 Å². The summed E-state index contributed by atoms with van der Waals surface area (Å²) in [6.45, 7) is 2.41. The van der Waals surface area contributed by atoms with Gasteiger partial charge < -0.3 is 20.0 Å². The standard InChI is InChI=1S/C18H28N4O2.HI/c1-19-18(20-10-8-16-7-4-12-24-16)21-15-9-11-22(13-15)17(23)14-5-2-3-6-14;/h4,7,12,14-15H,2-3,5-6,8-11,13H2,1H3,(H2,19,20,21);1H. The smallest absolute Gasteiger partial charge is 0.225 e. The van der Waals surface area contributed by atoms with Crippen LogP contribution >= 0.6 is 24.0 Å². The summed E-state index contributed by atoms with van der Waals surface area (Å²) in [5.41, 5.74) is 0. The summed E-state index contributed by atoms with van der Waals surface area (Å²) in [4.78, 5) is 18.8. The second-order valence-corrected chi connectivity index (χ2v) is 6.72. The number of nitrogens with one attached hydrogen (secondary N) is 2. The van der Waals surface area contributed by atoms with Gasteiger partial charge in [-0.15, -0.1) is 24.0 Å². The molecule has 1 atom stereocenters. The summed E-state index contributed by atoms with van der Waals surface area (Å²) >= 11 is 0. The Morgan fingerprint density at radius 2 is 2.16 bits per heavy atom. The molecule has 2 aliphatic rings. The highest BCUT2D eigenvalue weighted by molar-refractivity contribution is 14.0. The molecule has 1 amide bonds. The van der Waals surface area contributed by atoms with Crippen LogP contribution in [0.5, 0.6) is 0 Å². The van der Waals surface area contributed by atoms with Crippen molar-refractivity contribution in [2.24, 2.45) is 10.9 Å². The molecule has 0 spiro atoms. The minimum Gasteiger partial charge on any atom is -0.469 e. The molecule has 3 rings (SSSR count). The molecule has 2 heterocycles. The van der Waals surface area contributed by atoms with Gasteiger partial charge in [-0.1, -0.05) is 12.8 Å². The number of aliphatic imine (C=N–C) groups is 1. The zero-order valence-corrected chi connectivity index (χ0v) is 17.2. The third kappa shape index (κ3) is 5.62. The maximum absolute atomic E-state index is 12.5. The molecule has 1 aliphatic heterocycles. The number of halogens is 1. The van der Waals surface area contributed by atoms with Crippen LogP contribution in [0, 0.1) is 5.92 Å². The Morgan fingerprint density at radius 3 is 2.84 bits per heavy atom.